The lowest BCUT2D eigenvalue weighted by molar-refractivity contribution is 0.575. The normalized spacial score (nSPS) is 16.4. The second kappa shape index (κ2) is 4.35. The van der Waals surface area contributed by atoms with Crippen LogP contribution in [0.5, 0.6) is 0 Å². The van der Waals surface area contributed by atoms with Crippen LogP contribution < -0.4 is 10.2 Å². The fraction of sp³-hybridized carbons (Fsp3) is 0.417. The van der Waals surface area contributed by atoms with Crippen molar-refractivity contribution in [2.24, 2.45) is 0 Å². The summed E-state index contributed by atoms with van der Waals surface area (Å²) in [6.45, 7) is 5.38. The van der Waals surface area contributed by atoms with Gasteiger partial charge in [0.1, 0.15) is 10.7 Å². The lowest BCUT2D eigenvalue weighted by atomic mass is 10.3. The highest BCUT2D eigenvalue weighted by atomic mass is 32.1. The van der Waals surface area contributed by atoms with Gasteiger partial charge in [0.05, 0.1) is 5.39 Å². The molecule has 0 saturated carbocycles. The van der Waals surface area contributed by atoms with Crippen LogP contribution in [0.2, 0.25) is 0 Å². The predicted octanol–water partition coefficient (Wildman–Crippen LogP) is 1.20. The number of piperazine rings is 1. The smallest absolute Gasteiger partial charge is 0.230 e. The third-order valence-electron chi connectivity index (χ3n) is 3.43. The summed E-state index contributed by atoms with van der Waals surface area (Å²) in [6.07, 6.45) is 0. The number of hydrogen-bond acceptors (Lipinski definition) is 6. The summed E-state index contributed by atoms with van der Waals surface area (Å²) in [5, 5.41) is 8.20. The number of aromatic nitrogens is 4. The SMILES string of the molecule is Cc1nc2c3cc(F)sc3nc(N3CCNCC3)n2n1. The molecule has 0 aromatic carbocycles. The van der Waals surface area contributed by atoms with Crippen molar-refractivity contribution in [2.45, 2.75) is 6.92 Å². The zero-order chi connectivity index (χ0) is 13.7. The van der Waals surface area contributed by atoms with E-state index in [2.05, 4.69) is 25.3 Å². The summed E-state index contributed by atoms with van der Waals surface area (Å²) in [7, 11) is 0. The van der Waals surface area contributed by atoms with Crippen molar-refractivity contribution in [3.8, 4) is 0 Å². The number of hydrogen-bond donors (Lipinski definition) is 1. The van der Waals surface area contributed by atoms with Crippen LogP contribution in [0.15, 0.2) is 6.07 Å². The van der Waals surface area contributed by atoms with E-state index < -0.39 is 0 Å². The van der Waals surface area contributed by atoms with Gasteiger partial charge in [0.2, 0.25) is 5.95 Å². The summed E-state index contributed by atoms with van der Waals surface area (Å²) in [4.78, 5) is 11.9. The zero-order valence-electron chi connectivity index (χ0n) is 10.9. The van der Waals surface area contributed by atoms with Crippen molar-refractivity contribution < 1.29 is 4.39 Å². The molecule has 1 aliphatic rings. The minimum atomic E-state index is -0.243. The van der Waals surface area contributed by atoms with E-state index in [4.69, 9.17) is 0 Å². The summed E-state index contributed by atoms with van der Waals surface area (Å²) >= 11 is 1.05. The van der Waals surface area contributed by atoms with Gasteiger partial charge < -0.3 is 10.2 Å². The highest BCUT2D eigenvalue weighted by Gasteiger charge is 2.20. The fourth-order valence-electron chi connectivity index (χ4n) is 2.53. The van der Waals surface area contributed by atoms with E-state index in [0.29, 0.717) is 16.3 Å². The van der Waals surface area contributed by atoms with Gasteiger partial charge in [-0.2, -0.15) is 8.91 Å². The molecule has 1 N–H and O–H groups in total. The van der Waals surface area contributed by atoms with Crippen molar-refractivity contribution in [2.75, 3.05) is 31.1 Å². The summed E-state index contributed by atoms with van der Waals surface area (Å²) in [5.41, 5.74) is 0.682. The number of halogens is 1. The fourth-order valence-corrected chi connectivity index (χ4v) is 3.28. The van der Waals surface area contributed by atoms with E-state index in [-0.39, 0.29) is 5.13 Å². The number of rotatable bonds is 1. The first-order valence-electron chi connectivity index (χ1n) is 6.50. The van der Waals surface area contributed by atoms with Gasteiger partial charge in [-0.3, -0.25) is 0 Å². The van der Waals surface area contributed by atoms with Gasteiger partial charge in [0.25, 0.3) is 0 Å². The Morgan fingerprint density at radius 3 is 2.90 bits per heavy atom. The molecule has 0 unspecified atom stereocenters. The summed E-state index contributed by atoms with van der Waals surface area (Å²) in [6, 6.07) is 1.48. The lowest BCUT2D eigenvalue weighted by Gasteiger charge is -2.28. The van der Waals surface area contributed by atoms with E-state index in [0.717, 1.165) is 48.9 Å². The molecule has 0 aliphatic carbocycles. The topological polar surface area (TPSA) is 58.4 Å². The molecule has 1 saturated heterocycles. The third kappa shape index (κ3) is 1.75. The van der Waals surface area contributed by atoms with Crippen molar-refractivity contribution in [3.05, 3.63) is 17.0 Å². The Balaban J connectivity index is 2.01. The molecule has 1 fully saturated rings. The number of anilines is 1. The van der Waals surface area contributed by atoms with Crippen LogP contribution in [-0.2, 0) is 0 Å². The largest absolute Gasteiger partial charge is 0.338 e. The molecule has 0 atom stereocenters. The maximum Gasteiger partial charge on any atom is 0.230 e. The highest BCUT2D eigenvalue weighted by Crippen LogP contribution is 2.29. The Bertz CT molecular complexity index is 788. The minimum absolute atomic E-state index is 0.243. The number of thiophene rings is 1. The zero-order valence-corrected chi connectivity index (χ0v) is 11.7. The molecular weight excluding hydrogens is 279 g/mol. The van der Waals surface area contributed by atoms with Crippen LogP contribution >= 0.6 is 11.3 Å². The lowest BCUT2D eigenvalue weighted by Crippen LogP contribution is -2.44. The summed E-state index contributed by atoms with van der Waals surface area (Å²) < 4.78 is 15.3. The molecule has 0 bridgehead atoms. The molecule has 20 heavy (non-hydrogen) atoms. The van der Waals surface area contributed by atoms with Gasteiger partial charge in [0, 0.05) is 26.2 Å². The second-order valence-electron chi connectivity index (χ2n) is 4.81. The molecule has 0 spiro atoms. The Kier molecular flexibility index (Phi) is 2.61. The first-order valence-corrected chi connectivity index (χ1v) is 7.32. The third-order valence-corrected chi connectivity index (χ3v) is 4.24. The van der Waals surface area contributed by atoms with Gasteiger partial charge in [-0.1, -0.05) is 11.3 Å². The molecule has 4 rings (SSSR count). The average Bonchev–Trinajstić information content (AvgIpc) is 3.00. The van der Waals surface area contributed by atoms with Gasteiger partial charge in [-0.25, -0.2) is 9.97 Å². The Morgan fingerprint density at radius 2 is 2.10 bits per heavy atom. The molecule has 8 heteroatoms. The van der Waals surface area contributed by atoms with Crippen LogP contribution in [0.25, 0.3) is 15.9 Å². The maximum absolute atomic E-state index is 13.5. The Hall–Kier alpha value is -1.80. The van der Waals surface area contributed by atoms with Gasteiger partial charge in [-0.05, 0) is 13.0 Å². The first kappa shape index (κ1) is 12.0. The molecule has 6 nitrogen and oxygen atoms in total. The van der Waals surface area contributed by atoms with Gasteiger partial charge in [-0.15, -0.1) is 5.10 Å². The Morgan fingerprint density at radius 1 is 1.30 bits per heavy atom. The van der Waals surface area contributed by atoms with E-state index in [9.17, 15) is 4.39 Å². The van der Waals surface area contributed by atoms with Crippen LogP contribution in [0.1, 0.15) is 5.82 Å². The molecule has 3 aromatic heterocycles. The molecule has 1 aliphatic heterocycles. The molecule has 3 aromatic rings. The molecular formula is C12H13FN6S. The molecule has 0 radical (unpaired) electrons. The number of fused-ring (bicyclic) bond motifs is 3. The molecule has 0 amide bonds. The van der Waals surface area contributed by atoms with E-state index in [1.807, 2.05) is 6.92 Å². The first-order chi connectivity index (χ1) is 9.72. The van der Waals surface area contributed by atoms with Crippen molar-refractivity contribution >= 4 is 33.1 Å². The monoisotopic (exact) mass is 292 g/mol. The summed E-state index contributed by atoms with van der Waals surface area (Å²) in [5.74, 6) is 1.42. The molecule has 104 valence electrons. The van der Waals surface area contributed by atoms with Crippen LogP contribution in [0, 0.1) is 12.1 Å². The van der Waals surface area contributed by atoms with E-state index in [1.54, 1.807) is 4.52 Å². The van der Waals surface area contributed by atoms with Gasteiger partial charge >= 0.3 is 0 Å². The van der Waals surface area contributed by atoms with Crippen LogP contribution in [-0.4, -0.2) is 45.8 Å². The van der Waals surface area contributed by atoms with Crippen molar-refractivity contribution in [1.82, 2.24) is 24.9 Å². The van der Waals surface area contributed by atoms with E-state index in [1.165, 1.54) is 6.07 Å². The molecule has 4 heterocycles. The highest BCUT2D eigenvalue weighted by molar-refractivity contribution is 7.17. The van der Waals surface area contributed by atoms with Crippen LogP contribution in [0.4, 0.5) is 10.3 Å². The second-order valence-corrected chi connectivity index (χ2v) is 5.79. The number of nitrogens with zero attached hydrogens (tertiary/aromatic N) is 5. The van der Waals surface area contributed by atoms with E-state index >= 15 is 0 Å². The van der Waals surface area contributed by atoms with Gasteiger partial charge in [0.15, 0.2) is 10.8 Å². The number of nitrogens with one attached hydrogen (secondary N) is 1. The van der Waals surface area contributed by atoms with Crippen molar-refractivity contribution in [3.63, 3.8) is 0 Å². The number of aryl methyl sites for hydroxylation is 1. The average molecular weight is 292 g/mol. The quantitative estimate of drug-likeness (QED) is 0.730. The van der Waals surface area contributed by atoms with Crippen molar-refractivity contribution in [1.29, 1.82) is 0 Å². The minimum Gasteiger partial charge on any atom is -0.338 e. The standard InChI is InChI=1S/C12H13FN6S/c1-7-15-10-8-6-9(13)20-11(8)16-12(19(10)17-7)18-4-2-14-3-5-18/h6,14H,2-5H2,1H3. The van der Waals surface area contributed by atoms with Crippen LogP contribution in [0.3, 0.4) is 0 Å². The Labute approximate surface area is 118 Å². The predicted molar refractivity (Wildman–Crippen MR) is 75.9 cm³/mol. The maximum atomic E-state index is 13.5.